The number of nitrogens with two attached hydrogens (primary N) is 1. The molecule has 1 aliphatic rings. The van der Waals surface area contributed by atoms with Crippen molar-refractivity contribution in [2.24, 2.45) is 5.84 Å². The Bertz CT molecular complexity index is 429. The Balaban J connectivity index is 2.18. The predicted octanol–water partition coefficient (Wildman–Crippen LogP) is 3.31. The second-order valence-electron chi connectivity index (χ2n) is 5.53. The van der Waals surface area contributed by atoms with Gasteiger partial charge in [-0.25, -0.2) is 4.39 Å². The molecule has 20 heavy (non-hydrogen) atoms. The summed E-state index contributed by atoms with van der Waals surface area (Å²) in [5, 5.41) is 0. The zero-order chi connectivity index (χ0) is 14.6. The number of benzene rings is 1. The van der Waals surface area contributed by atoms with E-state index < -0.39 is 0 Å². The van der Waals surface area contributed by atoms with Crippen LogP contribution in [-0.4, -0.2) is 18.8 Å². The SMILES string of the molecule is COC1(C(Cc2cc(F)cc(Br)c2)NN)CCCCC1. The van der Waals surface area contributed by atoms with Gasteiger partial charge in [-0.05, 0) is 43.0 Å². The second kappa shape index (κ2) is 6.98. The molecule has 1 aromatic carbocycles. The fraction of sp³-hybridized carbons (Fsp3) is 0.600. The van der Waals surface area contributed by atoms with Gasteiger partial charge in [-0.3, -0.25) is 11.3 Å². The van der Waals surface area contributed by atoms with Crippen molar-refractivity contribution >= 4 is 15.9 Å². The summed E-state index contributed by atoms with van der Waals surface area (Å²) in [4.78, 5) is 0. The summed E-state index contributed by atoms with van der Waals surface area (Å²) in [5.41, 5.74) is 3.56. The van der Waals surface area contributed by atoms with Gasteiger partial charge in [0.2, 0.25) is 0 Å². The molecule has 0 bridgehead atoms. The maximum absolute atomic E-state index is 13.5. The van der Waals surface area contributed by atoms with Crippen molar-refractivity contribution in [3.8, 4) is 0 Å². The van der Waals surface area contributed by atoms with Gasteiger partial charge in [0.15, 0.2) is 0 Å². The van der Waals surface area contributed by atoms with Crippen molar-refractivity contribution in [1.29, 1.82) is 0 Å². The number of hydrazine groups is 1. The van der Waals surface area contributed by atoms with Crippen LogP contribution in [0.25, 0.3) is 0 Å². The third-order valence-corrected chi connectivity index (χ3v) is 4.76. The second-order valence-corrected chi connectivity index (χ2v) is 6.45. The van der Waals surface area contributed by atoms with Gasteiger partial charge in [0.25, 0.3) is 0 Å². The summed E-state index contributed by atoms with van der Waals surface area (Å²) < 4.78 is 20.1. The first-order valence-electron chi connectivity index (χ1n) is 7.06. The first-order chi connectivity index (χ1) is 9.59. The fourth-order valence-electron chi connectivity index (χ4n) is 3.21. The van der Waals surface area contributed by atoms with Crippen LogP contribution in [0.5, 0.6) is 0 Å². The lowest BCUT2D eigenvalue weighted by atomic mass is 9.77. The molecule has 2 rings (SSSR count). The Morgan fingerprint density at radius 1 is 1.35 bits per heavy atom. The Morgan fingerprint density at radius 3 is 2.60 bits per heavy atom. The number of ether oxygens (including phenoxy) is 1. The van der Waals surface area contributed by atoms with E-state index in [2.05, 4.69) is 21.4 Å². The standard InChI is InChI=1S/C15H22BrFN2O/c1-20-15(5-3-2-4-6-15)14(19-18)9-11-7-12(16)10-13(17)8-11/h7-8,10,14,19H,2-6,9,18H2,1H3. The highest BCUT2D eigenvalue weighted by molar-refractivity contribution is 9.10. The van der Waals surface area contributed by atoms with Crippen molar-refractivity contribution in [1.82, 2.24) is 5.43 Å². The van der Waals surface area contributed by atoms with Crippen LogP contribution in [0, 0.1) is 5.82 Å². The molecule has 1 fully saturated rings. The molecule has 0 aliphatic heterocycles. The minimum atomic E-state index is -0.244. The van der Waals surface area contributed by atoms with E-state index in [-0.39, 0.29) is 17.5 Å². The van der Waals surface area contributed by atoms with E-state index in [0.717, 1.165) is 35.7 Å². The number of methoxy groups -OCH3 is 1. The topological polar surface area (TPSA) is 47.3 Å². The third kappa shape index (κ3) is 3.58. The van der Waals surface area contributed by atoms with Crippen molar-refractivity contribution in [2.45, 2.75) is 50.2 Å². The van der Waals surface area contributed by atoms with E-state index in [1.54, 1.807) is 13.2 Å². The molecule has 1 saturated carbocycles. The molecule has 0 heterocycles. The van der Waals surface area contributed by atoms with Gasteiger partial charge in [-0.2, -0.15) is 0 Å². The van der Waals surface area contributed by atoms with Crippen LogP contribution >= 0.6 is 15.9 Å². The minimum Gasteiger partial charge on any atom is -0.377 e. The molecular formula is C15H22BrFN2O. The number of hydrogen-bond donors (Lipinski definition) is 2. The number of nitrogens with one attached hydrogen (secondary N) is 1. The van der Waals surface area contributed by atoms with Gasteiger partial charge in [0.05, 0.1) is 11.6 Å². The molecule has 3 nitrogen and oxygen atoms in total. The number of rotatable bonds is 5. The van der Waals surface area contributed by atoms with Crippen LogP contribution < -0.4 is 11.3 Å². The molecule has 3 N–H and O–H groups in total. The molecule has 0 amide bonds. The van der Waals surface area contributed by atoms with Crippen LogP contribution in [0.1, 0.15) is 37.7 Å². The van der Waals surface area contributed by atoms with Crippen LogP contribution in [0.15, 0.2) is 22.7 Å². The molecule has 112 valence electrons. The van der Waals surface area contributed by atoms with E-state index >= 15 is 0 Å². The van der Waals surface area contributed by atoms with Gasteiger partial charge in [0.1, 0.15) is 5.82 Å². The average molecular weight is 345 g/mol. The number of halogens is 2. The lowest BCUT2D eigenvalue weighted by Crippen LogP contribution is -2.56. The zero-order valence-corrected chi connectivity index (χ0v) is 13.4. The molecule has 0 saturated heterocycles. The quantitative estimate of drug-likeness (QED) is 0.636. The summed E-state index contributed by atoms with van der Waals surface area (Å²) >= 11 is 3.33. The average Bonchev–Trinajstić information content (AvgIpc) is 2.44. The van der Waals surface area contributed by atoms with Gasteiger partial charge < -0.3 is 4.74 Å². The Labute approximate surface area is 128 Å². The Kier molecular flexibility index (Phi) is 5.55. The molecule has 5 heteroatoms. The summed E-state index contributed by atoms with van der Waals surface area (Å²) in [7, 11) is 1.75. The molecule has 0 radical (unpaired) electrons. The highest BCUT2D eigenvalue weighted by Crippen LogP contribution is 2.35. The maximum atomic E-state index is 13.5. The molecule has 0 spiro atoms. The molecule has 1 atom stereocenters. The molecule has 1 aromatic rings. The first kappa shape index (κ1) is 15.9. The Hall–Kier alpha value is -0.490. The minimum absolute atomic E-state index is 0.0125. The number of hydrogen-bond acceptors (Lipinski definition) is 3. The largest absolute Gasteiger partial charge is 0.377 e. The van der Waals surface area contributed by atoms with Crippen LogP contribution in [0.4, 0.5) is 4.39 Å². The predicted molar refractivity (Wildman–Crippen MR) is 81.7 cm³/mol. The molecule has 0 aromatic heterocycles. The van der Waals surface area contributed by atoms with Crippen LogP contribution in [-0.2, 0) is 11.2 Å². The van der Waals surface area contributed by atoms with E-state index in [0.29, 0.717) is 6.42 Å². The smallest absolute Gasteiger partial charge is 0.124 e. The van der Waals surface area contributed by atoms with Crippen LogP contribution in [0.2, 0.25) is 0 Å². The fourth-order valence-corrected chi connectivity index (χ4v) is 3.72. The molecule has 1 aliphatic carbocycles. The van der Waals surface area contributed by atoms with Crippen LogP contribution in [0.3, 0.4) is 0 Å². The van der Waals surface area contributed by atoms with Crippen molar-refractivity contribution in [3.63, 3.8) is 0 Å². The Morgan fingerprint density at radius 2 is 2.05 bits per heavy atom. The van der Waals surface area contributed by atoms with Gasteiger partial charge in [-0.1, -0.05) is 35.2 Å². The van der Waals surface area contributed by atoms with Gasteiger partial charge in [0, 0.05) is 11.6 Å². The molecule has 1 unspecified atom stereocenters. The third-order valence-electron chi connectivity index (χ3n) is 4.30. The summed E-state index contributed by atoms with van der Waals surface area (Å²) in [6.07, 6.45) is 6.19. The summed E-state index contributed by atoms with van der Waals surface area (Å²) in [5.74, 6) is 5.52. The van der Waals surface area contributed by atoms with E-state index in [1.807, 2.05) is 6.07 Å². The zero-order valence-electron chi connectivity index (χ0n) is 11.8. The lowest BCUT2D eigenvalue weighted by Gasteiger charge is -2.42. The molecular weight excluding hydrogens is 323 g/mol. The van der Waals surface area contributed by atoms with Gasteiger partial charge >= 0.3 is 0 Å². The van der Waals surface area contributed by atoms with Crippen molar-refractivity contribution in [2.75, 3.05) is 7.11 Å². The van der Waals surface area contributed by atoms with Crippen molar-refractivity contribution in [3.05, 3.63) is 34.1 Å². The van der Waals surface area contributed by atoms with Crippen molar-refractivity contribution < 1.29 is 9.13 Å². The summed E-state index contributed by atoms with van der Waals surface area (Å²) in [6.45, 7) is 0. The first-order valence-corrected chi connectivity index (χ1v) is 7.85. The van der Waals surface area contributed by atoms with E-state index in [9.17, 15) is 4.39 Å². The van der Waals surface area contributed by atoms with Gasteiger partial charge in [-0.15, -0.1) is 0 Å². The highest BCUT2D eigenvalue weighted by Gasteiger charge is 2.39. The lowest BCUT2D eigenvalue weighted by molar-refractivity contribution is -0.0674. The summed E-state index contributed by atoms with van der Waals surface area (Å²) in [6, 6.07) is 4.93. The van der Waals surface area contributed by atoms with E-state index in [1.165, 1.54) is 12.5 Å². The van der Waals surface area contributed by atoms with E-state index in [4.69, 9.17) is 10.6 Å². The maximum Gasteiger partial charge on any atom is 0.124 e. The highest BCUT2D eigenvalue weighted by atomic mass is 79.9. The monoisotopic (exact) mass is 344 g/mol. The normalized spacial score (nSPS) is 19.8.